The molecule has 8 nitrogen and oxygen atoms in total. The van der Waals surface area contributed by atoms with Gasteiger partial charge in [0, 0.05) is 17.7 Å². The zero-order chi connectivity index (χ0) is 17.8. The number of aldehydes is 2. The Hall–Kier alpha value is -2.32. The van der Waals surface area contributed by atoms with Crippen molar-refractivity contribution in [1.29, 1.82) is 0 Å². The molecule has 0 radical (unpaired) electrons. The molecule has 5 N–H and O–H groups in total. The fourth-order valence-corrected chi connectivity index (χ4v) is 0.0833. The van der Waals surface area contributed by atoms with Crippen LogP contribution >= 0.6 is 0 Å². The molecule has 0 aliphatic carbocycles. The highest BCUT2D eigenvalue weighted by atomic mass is 16.4. The molecule has 0 fully saturated rings. The number of hydrogen-bond donors (Lipinski definition) is 4. The monoisotopic (exact) mass is 304 g/mol. The lowest BCUT2D eigenvalue weighted by atomic mass is 10.4. The number of rotatable bonds is 5. The van der Waals surface area contributed by atoms with Gasteiger partial charge in [-0.25, -0.2) is 9.59 Å². The second-order valence-corrected chi connectivity index (χ2v) is 3.30. The van der Waals surface area contributed by atoms with E-state index in [1.165, 1.54) is 13.8 Å². The molecule has 0 aromatic heterocycles. The highest BCUT2D eigenvalue weighted by Gasteiger charge is 1.90. The average molecular weight is 304 g/mol. The summed E-state index contributed by atoms with van der Waals surface area (Å²) >= 11 is 0. The van der Waals surface area contributed by atoms with Crippen LogP contribution in [0.4, 0.5) is 0 Å². The van der Waals surface area contributed by atoms with E-state index in [0.717, 1.165) is 6.29 Å². The van der Waals surface area contributed by atoms with Crippen molar-refractivity contribution in [2.45, 2.75) is 13.8 Å². The van der Waals surface area contributed by atoms with Crippen LogP contribution in [0.3, 0.4) is 0 Å². The molecular weight excluding hydrogens is 280 g/mol. The Morgan fingerprint density at radius 1 is 1.05 bits per heavy atom. The Balaban J connectivity index is -0.0000000929. The van der Waals surface area contributed by atoms with Crippen LogP contribution in [0, 0.1) is 0 Å². The lowest BCUT2D eigenvalue weighted by Crippen LogP contribution is -2.07. The first kappa shape index (κ1) is 27.1. The van der Waals surface area contributed by atoms with Gasteiger partial charge in [0.15, 0.2) is 0 Å². The number of carbonyl (C=O) groups excluding carboxylic acids is 2. The number of likely N-dealkylation sites (N-methyl/N-ethyl adjacent to an activating group) is 1. The maximum absolute atomic E-state index is 9.60. The molecule has 0 aromatic carbocycles. The van der Waals surface area contributed by atoms with Crippen LogP contribution in [-0.2, 0) is 19.2 Å². The predicted molar refractivity (Wildman–Crippen MR) is 80.0 cm³/mol. The topological polar surface area (TPSA) is 147 Å². The van der Waals surface area contributed by atoms with Gasteiger partial charge in [-0.1, -0.05) is 13.2 Å². The van der Waals surface area contributed by atoms with Gasteiger partial charge in [0.2, 0.25) is 0 Å². The third-order valence-corrected chi connectivity index (χ3v) is 1.11. The average Bonchev–Trinajstić information content (AvgIpc) is 2.41. The van der Waals surface area contributed by atoms with E-state index >= 15 is 0 Å². The van der Waals surface area contributed by atoms with Gasteiger partial charge in [-0.05, 0) is 20.9 Å². The van der Waals surface area contributed by atoms with Gasteiger partial charge in [-0.2, -0.15) is 0 Å². The maximum atomic E-state index is 9.60. The summed E-state index contributed by atoms with van der Waals surface area (Å²) in [6, 6.07) is 0. The number of aliphatic carboxylic acids is 2. The molecule has 0 heterocycles. The first-order valence-corrected chi connectivity index (χ1v) is 5.61. The van der Waals surface area contributed by atoms with Crippen molar-refractivity contribution in [2.24, 2.45) is 5.73 Å². The quantitative estimate of drug-likeness (QED) is 0.405. The second kappa shape index (κ2) is 22.8. The van der Waals surface area contributed by atoms with E-state index in [4.69, 9.17) is 15.0 Å². The normalized spacial score (nSPS) is 7.24. The van der Waals surface area contributed by atoms with Crippen LogP contribution in [-0.4, -0.2) is 54.9 Å². The predicted octanol–water partition coefficient (Wildman–Crippen LogP) is -0.157. The van der Waals surface area contributed by atoms with Gasteiger partial charge in [0.1, 0.15) is 12.6 Å². The molecule has 0 saturated carbocycles. The fraction of sp³-hybridized carbons (Fsp3) is 0.385. The number of carbonyl (C=O) groups is 4. The van der Waals surface area contributed by atoms with Crippen LogP contribution in [0.25, 0.3) is 0 Å². The van der Waals surface area contributed by atoms with Crippen molar-refractivity contribution < 1.29 is 29.4 Å². The summed E-state index contributed by atoms with van der Waals surface area (Å²) in [7, 11) is 1.73. The molecule has 0 amide bonds. The summed E-state index contributed by atoms with van der Waals surface area (Å²) in [6.07, 6.45) is 1.47. The van der Waals surface area contributed by atoms with Crippen LogP contribution in [0.15, 0.2) is 24.3 Å². The molecule has 0 aliphatic rings. The molecule has 0 spiro atoms. The Labute approximate surface area is 124 Å². The van der Waals surface area contributed by atoms with Crippen LogP contribution in [0.5, 0.6) is 0 Å². The minimum Gasteiger partial charge on any atom is -0.478 e. The second-order valence-electron chi connectivity index (χ2n) is 3.30. The minimum absolute atomic E-state index is 0.139. The van der Waals surface area contributed by atoms with Gasteiger partial charge in [0.05, 0.1) is 6.54 Å². The first-order valence-electron chi connectivity index (χ1n) is 5.61. The first-order chi connectivity index (χ1) is 9.61. The number of hydrogen-bond acceptors (Lipinski definition) is 6. The molecule has 0 aromatic rings. The van der Waals surface area contributed by atoms with E-state index in [0.29, 0.717) is 12.8 Å². The van der Waals surface area contributed by atoms with Crippen molar-refractivity contribution in [1.82, 2.24) is 5.32 Å². The largest absolute Gasteiger partial charge is 0.478 e. The van der Waals surface area contributed by atoms with Crippen LogP contribution in [0.1, 0.15) is 13.8 Å². The smallest absolute Gasteiger partial charge is 0.330 e. The molecule has 0 aliphatic heterocycles. The van der Waals surface area contributed by atoms with Crippen LogP contribution in [0.2, 0.25) is 0 Å². The highest BCUT2D eigenvalue weighted by molar-refractivity contribution is 5.85. The van der Waals surface area contributed by atoms with E-state index in [2.05, 4.69) is 24.2 Å². The van der Waals surface area contributed by atoms with E-state index in [-0.39, 0.29) is 17.7 Å². The van der Waals surface area contributed by atoms with Crippen molar-refractivity contribution in [2.75, 3.05) is 20.1 Å². The molecule has 0 saturated heterocycles. The number of carboxylic acids is 2. The lowest BCUT2D eigenvalue weighted by Gasteiger charge is -1.79. The summed E-state index contributed by atoms with van der Waals surface area (Å²) in [5.74, 6) is -1.87. The molecule has 0 atom stereocenters. The van der Waals surface area contributed by atoms with E-state index in [1.54, 1.807) is 7.05 Å². The van der Waals surface area contributed by atoms with Gasteiger partial charge < -0.3 is 30.9 Å². The SMILES string of the molecule is C=C(C)C(=O)O.C=C(C)C(=O)O.CNCC=O.NCC=O. The Bertz CT molecular complexity index is 292. The standard InChI is InChI=1S/2C4H6O2.C3H7NO.C2H5NO/c2*1-3(2)4(5)6;1-4-2-3-5;3-1-2-4/h2*1H2,2H3,(H,5,6);3-4H,2H2,1H3;2H,1,3H2. The summed E-state index contributed by atoms with van der Waals surface area (Å²) in [4.78, 5) is 37.6. The Kier molecular flexibility index (Phi) is 29.5. The summed E-state index contributed by atoms with van der Waals surface area (Å²) in [5.41, 5.74) is 5.01. The van der Waals surface area contributed by atoms with Gasteiger partial charge in [-0.15, -0.1) is 0 Å². The van der Waals surface area contributed by atoms with Crippen molar-refractivity contribution in [3.05, 3.63) is 24.3 Å². The van der Waals surface area contributed by atoms with E-state index in [9.17, 15) is 14.4 Å². The van der Waals surface area contributed by atoms with Crippen LogP contribution < -0.4 is 11.1 Å². The highest BCUT2D eigenvalue weighted by Crippen LogP contribution is 1.81. The van der Waals surface area contributed by atoms with Crippen molar-refractivity contribution >= 4 is 24.5 Å². The number of nitrogens with one attached hydrogen (secondary N) is 1. The van der Waals surface area contributed by atoms with Gasteiger partial charge in [0.25, 0.3) is 0 Å². The lowest BCUT2D eigenvalue weighted by molar-refractivity contribution is -0.133. The fourth-order valence-electron chi connectivity index (χ4n) is 0.0833. The van der Waals surface area contributed by atoms with Gasteiger partial charge >= 0.3 is 11.9 Å². The molecule has 21 heavy (non-hydrogen) atoms. The summed E-state index contributed by atoms with van der Waals surface area (Å²) in [5, 5.41) is 18.4. The Morgan fingerprint density at radius 2 is 1.29 bits per heavy atom. The summed E-state index contributed by atoms with van der Waals surface area (Å²) in [6.45, 7) is 9.80. The maximum Gasteiger partial charge on any atom is 0.330 e. The van der Waals surface area contributed by atoms with Gasteiger partial charge in [-0.3, -0.25) is 0 Å². The number of nitrogens with two attached hydrogens (primary N) is 1. The van der Waals surface area contributed by atoms with E-state index in [1.807, 2.05) is 0 Å². The van der Waals surface area contributed by atoms with Crippen molar-refractivity contribution in [3.63, 3.8) is 0 Å². The molecule has 8 heteroatoms. The summed E-state index contributed by atoms with van der Waals surface area (Å²) < 4.78 is 0. The Morgan fingerprint density at radius 3 is 1.29 bits per heavy atom. The molecule has 0 unspecified atom stereocenters. The third kappa shape index (κ3) is 57.7. The third-order valence-electron chi connectivity index (χ3n) is 1.11. The van der Waals surface area contributed by atoms with E-state index < -0.39 is 11.9 Å². The van der Waals surface area contributed by atoms with Crippen molar-refractivity contribution in [3.8, 4) is 0 Å². The zero-order valence-electron chi connectivity index (χ0n) is 12.6. The molecule has 0 bridgehead atoms. The zero-order valence-corrected chi connectivity index (χ0v) is 12.6. The minimum atomic E-state index is -0.935. The molecule has 0 rings (SSSR count). The number of carboxylic acid groups (broad SMARTS) is 2. The molecular formula is C13H24N2O6. The molecule has 122 valence electrons.